The molecule has 0 amide bonds. The second-order valence-electron chi connectivity index (χ2n) is 3.26. The van der Waals surface area contributed by atoms with Crippen molar-refractivity contribution in [1.29, 1.82) is 0 Å². The lowest BCUT2D eigenvalue weighted by Crippen LogP contribution is -2.11. The molecule has 1 aliphatic carbocycles. The topological polar surface area (TPSA) is 63.3 Å². The van der Waals surface area contributed by atoms with Crippen molar-refractivity contribution >= 4 is 17.1 Å². The highest BCUT2D eigenvalue weighted by atomic mass is 32.1. The third-order valence-electron chi connectivity index (χ3n) is 2.15. The minimum Gasteiger partial charge on any atom is -0.506 e. The smallest absolute Gasteiger partial charge is 0.190 e. The predicted octanol–water partition coefficient (Wildman–Crippen LogP) is 1.47. The molecule has 0 radical (unpaired) electrons. The van der Waals surface area contributed by atoms with Crippen molar-refractivity contribution in [3.8, 4) is 5.75 Å². The molecule has 1 aromatic rings. The van der Waals surface area contributed by atoms with Crippen LogP contribution in [0.15, 0.2) is 6.07 Å². The summed E-state index contributed by atoms with van der Waals surface area (Å²) in [4.78, 5) is 12.8. The van der Waals surface area contributed by atoms with Crippen LogP contribution in [0.3, 0.4) is 0 Å². The van der Waals surface area contributed by atoms with Crippen LogP contribution in [0.25, 0.3) is 0 Å². The summed E-state index contributed by atoms with van der Waals surface area (Å²) in [6, 6.07) is 1.70. The molecule has 0 saturated heterocycles. The van der Waals surface area contributed by atoms with Crippen LogP contribution < -0.4 is 5.73 Å². The number of rotatable bonds is 3. The fraction of sp³-hybridized carbons (Fsp3) is 0.444. The van der Waals surface area contributed by atoms with Crippen LogP contribution in [0.5, 0.6) is 5.75 Å². The first-order chi connectivity index (χ1) is 6.22. The van der Waals surface area contributed by atoms with Crippen LogP contribution in [0, 0.1) is 0 Å². The first-order valence-electron chi connectivity index (χ1n) is 4.28. The van der Waals surface area contributed by atoms with E-state index < -0.39 is 0 Å². The fourth-order valence-corrected chi connectivity index (χ4v) is 2.43. The average Bonchev–Trinajstić information content (AvgIpc) is 2.89. The minimum absolute atomic E-state index is 0.0296. The van der Waals surface area contributed by atoms with Gasteiger partial charge in [0.05, 0.1) is 6.54 Å². The van der Waals surface area contributed by atoms with E-state index in [2.05, 4.69) is 0 Å². The molecule has 3 N–H and O–H groups in total. The van der Waals surface area contributed by atoms with Gasteiger partial charge in [0.15, 0.2) is 5.78 Å². The minimum atomic E-state index is -0.172. The molecule has 1 fully saturated rings. The van der Waals surface area contributed by atoms with Gasteiger partial charge in [-0.15, -0.1) is 11.3 Å². The van der Waals surface area contributed by atoms with Gasteiger partial charge in [0, 0.05) is 4.88 Å². The third kappa shape index (κ3) is 1.59. The lowest BCUT2D eigenvalue weighted by Gasteiger charge is -1.91. The molecule has 0 atom stereocenters. The fourth-order valence-electron chi connectivity index (χ4n) is 1.26. The van der Waals surface area contributed by atoms with Crippen molar-refractivity contribution in [2.45, 2.75) is 18.8 Å². The van der Waals surface area contributed by atoms with Crippen LogP contribution in [-0.2, 0) is 0 Å². The summed E-state index contributed by atoms with van der Waals surface area (Å²) in [5.41, 5.74) is 5.22. The van der Waals surface area contributed by atoms with Crippen LogP contribution in [-0.4, -0.2) is 17.4 Å². The van der Waals surface area contributed by atoms with Crippen molar-refractivity contribution in [3.63, 3.8) is 0 Å². The lowest BCUT2D eigenvalue weighted by atomic mass is 10.3. The summed E-state index contributed by atoms with van der Waals surface area (Å²) in [5.74, 6) is 0.506. The second-order valence-corrected chi connectivity index (χ2v) is 4.35. The molecule has 1 aromatic heterocycles. The number of carbonyl (C=O) groups is 1. The number of ketones is 1. The summed E-state index contributed by atoms with van der Waals surface area (Å²) in [7, 11) is 0. The molecular weight excluding hydrogens is 186 g/mol. The van der Waals surface area contributed by atoms with E-state index in [0.717, 1.165) is 4.88 Å². The first kappa shape index (κ1) is 8.72. The Morgan fingerprint density at radius 1 is 1.69 bits per heavy atom. The van der Waals surface area contributed by atoms with Crippen LogP contribution in [0.1, 0.15) is 33.3 Å². The van der Waals surface area contributed by atoms with Gasteiger partial charge in [-0.05, 0) is 24.8 Å². The van der Waals surface area contributed by atoms with Crippen molar-refractivity contribution in [3.05, 3.63) is 15.8 Å². The van der Waals surface area contributed by atoms with Gasteiger partial charge in [-0.1, -0.05) is 0 Å². The number of thiophene rings is 1. The summed E-state index contributed by atoms with van der Waals surface area (Å²) in [5, 5.41) is 9.44. The van der Waals surface area contributed by atoms with E-state index in [9.17, 15) is 9.90 Å². The quantitative estimate of drug-likeness (QED) is 0.721. The maximum absolute atomic E-state index is 11.2. The summed E-state index contributed by atoms with van der Waals surface area (Å²) in [6.45, 7) is -0.0296. The Bertz CT molecular complexity index is 341. The standard InChI is InChI=1S/C9H11NO2S/c10-4-7(12)9-6(11)3-8(13-9)5-1-2-5/h3,5,11H,1-2,4,10H2. The molecule has 0 aromatic carbocycles. The van der Waals surface area contributed by atoms with Crippen molar-refractivity contribution < 1.29 is 9.90 Å². The summed E-state index contributed by atoms with van der Waals surface area (Å²) < 4.78 is 0. The average molecular weight is 197 g/mol. The molecular formula is C9H11NO2S. The predicted molar refractivity (Wildman–Crippen MR) is 51.3 cm³/mol. The maximum Gasteiger partial charge on any atom is 0.190 e. The largest absolute Gasteiger partial charge is 0.506 e. The van der Waals surface area contributed by atoms with Gasteiger partial charge in [-0.25, -0.2) is 0 Å². The van der Waals surface area contributed by atoms with E-state index >= 15 is 0 Å². The number of hydrogen-bond donors (Lipinski definition) is 2. The molecule has 1 saturated carbocycles. The molecule has 1 heterocycles. The molecule has 0 bridgehead atoms. The third-order valence-corrected chi connectivity index (χ3v) is 3.48. The van der Waals surface area contributed by atoms with Crippen LogP contribution in [0.2, 0.25) is 0 Å². The zero-order valence-electron chi connectivity index (χ0n) is 7.12. The highest BCUT2D eigenvalue weighted by Gasteiger charge is 2.27. The Balaban J connectivity index is 2.29. The maximum atomic E-state index is 11.2. The first-order valence-corrected chi connectivity index (χ1v) is 5.10. The summed E-state index contributed by atoms with van der Waals surface area (Å²) >= 11 is 1.38. The van der Waals surface area contributed by atoms with Crippen molar-refractivity contribution in [2.75, 3.05) is 6.54 Å². The Labute approximate surface area is 80.2 Å². The molecule has 3 nitrogen and oxygen atoms in total. The SMILES string of the molecule is NCC(=O)c1sc(C2CC2)cc1O. The number of carbonyl (C=O) groups excluding carboxylic acids is 1. The highest BCUT2D eigenvalue weighted by Crippen LogP contribution is 2.45. The van der Waals surface area contributed by atoms with E-state index in [1.54, 1.807) is 6.07 Å². The van der Waals surface area contributed by atoms with Gasteiger partial charge in [-0.3, -0.25) is 4.79 Å². The molecule has 0 aliphatic heterocycles. The molecule has 0 unspecified atom stereocenters. The van der Waals surface area contributed by atoms with Crippen molar-refractivity contribution in [2.24, 2.45) is 5.73 Å². The second kappa shape index (κ2) is 3.12. The van der Waals surface area contributed by atoms with Gasteiger partial charge in [0.25, 0.3) is 0 Å². The Morgan fingerprint density at radius 3 is 2.92 bits per heavy atom. The van der Waals surface area contributed by atoms with Gasteiger partial charge < -0.3 is 10.8 Å². The number of Topliss-reactive ketones (excluding diaryl/α,β-unsaturated/α-hetero) is 1. The number of hydrogen-bond acceptors (Lipinski definition) is 4. The van der Waals surface area contributed by atoms with E-state index in [1.807, 2.05) is 0 Å². The molecule has 0 spiro atoms. The van der Waals surface area contributed by atoms with Crippen LogP contribution in [0.4, 0.5) is 0 Å². The number of aromatic hydroxyl groups is 1. The van der Waals surface area contributed by atoms with Crippen molar-refractivity contribution in [1.82, 2.24) is 0 Å². The van der Waals surface area contributed by atoms with E-state index in [-0.39, 0.29) is 18.1 Å². The molecule has 13 heavy (non-hydrogen) atoms. The monoisotopic (exact) mass is 197 g/mol. The molecule has 70 valence electrons. The Morgan fingerprint density at radius 2 is 2.38 bits per heavy atom. The number of nitrogens with two attached hydrogens (primary N) is 1. The lowest BCUT2D eigenvalue weighted by molar-refractivity contribution is 0.100. The molecule has 4 heteroatoms. The van der Waals surface area contributed by atoms with Gasteiger partial charge in [-0.2, -0.15) is 0 Å². The molecule has 2 rings (SSSR count). The van der Waals surface area contributed by atoms with Gasteiger partial charge >= 0.3 is 0 Å². The Hall–Kier alpha value is -0.870. The molecule has 1 aliphatic rings. The van der Waals surface area contributed by atoms with Gasteiger partial charge in [0.2, 0.25) is 0 Å². The summed E-state index contributed by atoms with van der Waals surface area (Å²) in [6.07, 6.45) is 2.35. The van der Waals surface area contributed by atoms with E-state index in [4.69, 9.17) is 5.73 Å². The zero-order chi connectivity index (χ0) is 9.42. The zero-order valence-corrected chi connectivity index (χ0v) is 7.93. The Kier molecular flexibility index (Phi) is 2.09. The van der Waals surface area contributed by atoms with Crippen LogP contribution >= 0.6 is 11.3 Å². The highest BCUT2D eigenvalue weighted by molar-refractivity contribution is 7.14. The van der Waals surface area contributed by atoms with E-state index in [0.29, 0.717) is 10.8 Å². The van der Waals surface area contributed by atoms with E-state index in [1.165, 1.54) is 24.2 Å². The van der Waals surface area contributed by atoms with Gasteiger partial charge in [0.1, 0.15) is 10.6 Å². The normalized spacial score (nSPS) is 16.1.